The Hall–Kier alpha value is -1.77. The number of aliphatic imine (C=N–C) groups is 1. The van der Waals surface area contributed by atoms with Crippen molar-refractivity contribution in [2.24, 2.45) is 4.99 Å². The molecule has 0 radical (unpaired) electrons. The summed E-state index contributed by atoms with van der Waals surface area (Å²) in [5.74, 6) is 0.983. The van der Waals surface area contributed by atoms with Gasteiger partial charge in [0.1, 0.15) is 4.38 Å². The summed E-state index contributed by atoms with van der Waals surface area (Å²) in [5.41, 5.74) is 2.20. The van der Waals surface area contributed by atoms with E-state index in [-0.39, 0.29) is 18.4 Å². The molecule has 0 atom stereocenters. The fraction of sp³-hybridized carbons (Fsp3) is 0.316. The Kier molecular flexibility index (Phi) is 7.37. The van der Waals surface area contributed by atoms with Crippen molar-refractivity contribution in [1.82, 2.24) is 10.2 Å². The topological polar surface area (TPSA) is 61.8 Å². The Morgan fingerprint density at radius 1 is 1.26 bits per heavy atom. The van der Waals surface area contributed by atoms with E-state index in [9.17, 15) is 9.59 Å². The third kappa shape index (κ3) is 5.85. The van der Waals surface area contributed by atoms with Crippen LogP contribution in [-0.2, 0) is 21.9 Å². The van der Waals surface area contributed by atoms with Gasteiger partial charge in [-0.25, -0.2) is 4.99 Å². The summed E-state index contributed by atoms with van der Waals surface area (Å²) in [6.07, 6.45) is 0. The van der Waals surface area contributed by atoms with Gasteiger partial charge >= 0.3 is 0 Å². The highest BCUT2D eigenvalue weighted by Crippen LogP contribution is 2.34. The van der Waals surface area contributed by atoms with Crippen LogP contribution in [0.2, 0.25) is 0 Å². The van der Waals surface area contributed by atoms with Gasteiger partial charge in [-0.2, -0.15) is 0 Å². The fourth-order valence-electron chi connectivity index (χ4n) is 2.51. The van der Waals surface area contributed by atoms with Gasteiger partial charge in [0.05, 0.1) is 24.5 Å². The first-order valence-electron chi connectivity index (χ1n) is 8.64. The van der Waals surface area contributed by atoms with E-state index in [0.717, 1.165) is 20.7 Å². The van der Waals surface area contributed by atoms with Crippen molar-refractivity contribution in [3.05, 3.63) is 52.2 Å². The van der Waals surface area contributed by atoms with Gasteiger partial charge < -0.3 is 10.2 Å². The summed E-state index contributed by atoms with van der Waals surface area (Å²) in [6.45, 7) is 2.99. The van der Waals surface area contributed by atoms with Crippen molar-refractivity contribution < 1.29 is 9.59 Å². The molecule has 0 saturated heterocycles. The van der Waals surface area contributed by atoms with E-state index in [2.05, 4.69) is 16.4 Å². The summed E-state index contributed by atoms with van der Waals surface area (Å²) >= 11 is 4.70. The number of nitrogens with one attached hydrogen (secondary N) is 1. The Morgan fingerprint density at radius 3 is 2.89 bits per heavy atom. The van der Waals surface area contributed by atoms with Crippen LogP contribution in [0.1, 0.15) is 17.4 Å². The summed E-state index contributed by atoms with van der Waals surface area (Å²) in [4.78, 5) is 31.9. The lowest BCUT2D eigenvalue weighted by atomic mass is 10.2. The molecule has 1 aliphatic heterocycles. The zero-order valence-corrected chi connectivity index (χ0v) is 17.5. The average molecular weight is 420 g/mol. The number of carbonyl (C=O) groups is 2. The standard InChI is InChI=1S/C19H21N3O2S3/c1-2-22(11-17(23)20-10-15-7-5-9-25-15)18(24)13-27-19-21-16-8-4-3-6-14(16)12-26-19/h3-9H,2,10-13H2,1H3,(H,20,23). The van der Waals surface area contributed by atoms with Crippen LogP contribution in [0.3, 0.4) is 0 Å². The molecule has 1 aromatic heterocycles. The molecule has 1 aromatic carbocycles. The second-order valence-corrected chi connectivity index (χ2v) is 9.07. The lowest BCUT2D eigenvalue weighted by molar-refractivity contribution is -0.133. The highest BCUT2D eigenvalue weighted by Gasteiger charge is 2.18. The van der Waals surface area contributed by atoms with Gasteiger partial charge in [0.25, 0.3) is 0 Å². The molecule has 1 aliphatic rings. The van der Waals surface area contributed by atoms with Gasteiger partial charge in [-0.05, 0) is 30.0 Å². The van der Waals surface area contributed by atoms with Crippen LogP contribution in [0.15, 0.2) is 46.8 Å². The number of likely N-dealkylation sites (N-methyl/N-ethyl adjacent to an activating group) is 1. The highest BCUT2D eigenvalue weighted by molar-refractivity contribution is 8.38. The predicted molar refractivity (Wildman–Crippen MR) is 116 cm³/mol. The van der Waals surface area contributed by atoms with Gasteiger partial charge in [0.15, 0.2) is 0 Å². The molecule has 2 aromatic rings. The van der Waals surface area contributed by atoms with Crippen molar-refractivity contribution in [1.29, 1.82) is 0 Å². The first kappa shape index (κ1) is 20.0. The molecule has 27 heavy (non-hydrogen) atoms. The summed E-state index contributed by atoms with van der Waals surface area (Å²) < 4.78 is 0.903. The van der Waals surface area contributed by atoms with Crippen molar-refractivity contribution in [2.75, 3.05) is 18.8 Å². The SMILES string of the molecule is CCN(CC(=O)NCc1cccs1)C(=O)CSC1=Nc2ccccc2CS1. The van der Waals surface area contributed by atoms with Gasteiger partial charge in [0.2, 0.25) is 11.8 Å². The smallest absolute Gasteiger partial charge is 0.239 e. The van der Waals surface area contributed by atoms with Gasteiger partial charge in [0, 0.05) is 17.2 Å². The van der Waals surface area contributed by atoms with E-state index in [1.54, 1.807) is 28.0 Å². The Labute approximate surface area is 171 Å². The molecule has 1 N–H and O–H groups in total. The average Bonchev–Trinajstić information content (AvgIpc) is 3.22. The molecule has 0 bridgehead atoms. The number of rotatable bonds is 7. The summed E-state index contributed by atoms with van der Waals surface area (Å²) in [7, 11) is 0. The first-order chi connectivity index (χ1) is 13.2. The molecule has 2 amide bonds. The van der Waals surface area contributed by atoms with Crippen molar-refractivity contribution in [3.63, 3.8) is 0 Å². The van der Waals surface area contributed by atoms with Crippen LogP contribution in [0, 0.1) is 0 Å². The van der Waals surface area contributed by atoms with E-state index in [4.69, 9.17) is 0 Å². The molecule has 8 heteroatoms. The lowest BCUT2D eigenvalue weighted by Gasteiger charge is -2.21. The number of amides is 2. The molecule has 5 nitrogen and oxygen atoms in total. The van der Waals surface area contributed by atoms with Gasteiger partial charge in [-0.1, -0.05) is 47.8 Å². The molecule has 0 saturated carbocycles. The van der Waals surface area contributed by atoms with Gasteiger partial charge in [-0.3, -0.25) is 9.59 Å². The number of nitrogens with zero attached hydrogens (tertiary/aromatic N) is 2. The lowest BCUT2D eigenvalue weighted by Crippen LogP contribution is -2.41. The Balaban J connectivity index is 1.47. The fourth-order valence-corrected chi connectivity index (χ4v) is 5.12. The zero-order valence-electron chi connectivity index (χ0n) is 15.0. The second-order valence-electron chi connectivity index (χ2n) is 5.85. The molecule has 0 fully saturated rings. The third-order valence-corrected chi connectivity index (χ3v) is 7.09. The molecular weight excluding hydrogens is 398 g/mol. The number of carbonyl (C=O) groups excluding carboxylic acids is 2. The molecular formula is C19H21N3O2S3. The minimum Gasteiger partial charge on any atom is -0.350 e. The summed E-state index contributed by atoms with van der Waals surface area (Å²) in [6, 6.07) is 12.0. The molecule has 0 aliphatic carbocycles. The second kappa shape index (κ2) is 9.96. The van der Waals surface area contributed by atoms with Crippen LogP contribution in [0.5, 0.6) is 0 Å². The molecule has 3 rings (SSSR count). The maximum atomic E-state index is 12.5. The van der Waals surface area contributed by atoms with Crippen molar-refractivity contribution >= 4 is 56.7 Å². The number of para-hydroxylation sites is 1. The maximum absolute atomic E-state index is 12.5. The minimum absolute atomic E-state index is 0.0454. The number of hydrogen-bond donors (Lipinski definition) is 1. The van der Waals surface area contributed by atoms with Crippen LogP contribution in [-0.4, -0.2) is 39.9 Å². The van der Waals surface area contributed by atoms with Crippen LogP contribution in [0.25, 0.3) is 0 Å². The Bertz CT molecular complexity index is 821. The number of thioether (sulfide) groups is 2. The monoisotopic (exact) mass is 419 g/mol. The zero-order chi connectivity index (χ0) is 19.1. The van der Waals surface area contributed by atoms with E-state index in [1.165, 1.54) is 17.3 Å². The van der Waals surface area contributed by atoms with Crippen LogP contribution in [0.4, 0.5) is 5.69 Å². The van der Waals surface area contributed by atoms with Gasteiger partial charge in [-0.15, -0.1) is 11.3 Å². The van der Waals surface area contributed by atoms with Crippen molar-refractivity contribution in [2.45, 2.75) is 19.2 Å². The van der Waals surface area contributed by atoms with E-state index in [0.29, 0.717) is 18.8 Å². The predicted octanol–water partition coefficient (Wildman–Crippen LogP) is 3.88. The number of hydrogen-bond acceptors (Lipinski definition) is 6. The largest absolute Gasteiger partial charge is 0.350 e. The first-order valence-corrected chi connectivity index (χ1v) is 11.5. The van der Waals surface area contributed by atoms with E-state index in [1.807, 2.05) is 42.6 Å². The van der Waals surface area contributed by atoms with Crippen LogP contribution < -0.4 is 5.32 Å². The number of fused-ring (bicyclic) bond motifs is 1. The minimum atomic E-state index is -0.137. The normalized spacial score (nSPS) is 12.9. The van der Waals surface area contributed by atoms with Crippen molar-refractivity contribution in [3.8, 4) is 0 Å². The number of thiophene rings is 1. The van der Waals surface area contributed by atoms with E-state index >= 15 is 0 Å². The Morgan fingerprint density at radius 2 is 2.11 bits per heavy atom. The molecule has 0 spiro atoms. The highest BCUT2D eigenvalue weighted by atomic mass is 32.2. The molecule has 142 valence electrons. The maximum Gasteiger partial charge on any atom is 0.239 e. The quantitative estimate of drug-likeness (QED) is 0.740. The third-order valence-electron chi connectivity index (χ3n) is 3.98. The summed E-state index contributed by atoms with van der Waals surface area (Å²) in [5, 5.41) is 4.84. The van der Waals surface area contributed by atoms with E-state index < -0.39 is 0 Å². The molecule has 0 unspecified atom stereocenters. The molecule has 2 heterocycles. The van der Waals surface area contributed by atoms with Crippen LogP contribution >= 0.6 is 34.9 Å². The number of benzene rings is 1.